The number of amides is 1. The molecule has 0 bridgehead atoms. The monoisotopic (exact) mass is 386 g/mol. The maximum atomic E-state index is 12.2. The summed E-state index contributed by atoms with van der Waals surface area (Å²) in [4.78, 5) is 16.8. The summed E-state index contributed by atoms with van der Waals surface area (Å²) in [5.41, 5.74) is 1.05. The van der Waals surface area contributed by atoms with Crippen molar-refractivity contribution in [3.8, 4) is 0 Å². The van der Waals surface area contributed by atoms with Crippen molar-refractivity contribution < 1.29 is 9.53 Å². The summed E-state index contributed by atoms with van der Waals surface area (Å²) in [5, 5.41) is 0. The molecule has 0 aromatic heterocycles. The van der Waals surface area contributed by atoms with E-state index in [2.05, 4.69) is 35.2 Å². The van der Waals surface area contributed by atoms with Crippen LogP contribution in [0.4, 0.5) is 4.79 Å². The van der Waals surface area contributed by atoms with Crippen LogP contribution >= 0.6 is 0 Å². The van der Waals surface area contributed by atoms with E-state index in [1.54, 1.807) is 0 Å². The molecular formula is C24H38N2O2. The highest BCUT2D eigenvalue weighted by molar-refractivity contribution is 5.68. The SMILES string of the molecule is CC(C)(C)OC(=O)N1CCC(C2CCN(CCCc3ccccc3)CC2)CC1. The van der Waals surface area contributed by atoms with Gasteiger partial charge in [-0.2, -0.15) is 0 Å². The van der Waals surface area contributed by atoms with Crippen LogP contribution in [0.5, 0.6) is 0 Å². The second kappa shape index (κ2) is 9.78. The average Bonchev–Trinajstić information content (AvgIpc) is 2.68. The van der Waals surface area contributed by atoms with Crippen LogP contribution in [0.15, 0.2) is 30.3 Å². The molecule has 0 aliphatic carbocycles. The number of aryl methyl sites for hydroxylation is 1. The van der Waals surface area contributed by atoms with Crippen molar-refractivity contribution in [2.24, 2.45) is 11.8 Å². The molecule has 1 aromatic carbocycles. The number of rotatable bonds is 5. The second-order valence-electron chi connectivity index (χ2n) is 9.57. The Balaban J connectivity index is 1.33. The number of carbonyl (C=O) groups is 1. The lowest BCUT2D eigenvalue weighted by atomic mass is 9.79. The maximum Gasteiger partial charge on any atom is 0.410 e. The van der Waals surface area contributed by atoms with E-state index in [0.717, 1.165) is 37.8 Å². The summed E-state index contributed by atoms with van der Waals surface area (Å²) < 4.78 is 5.52. The Morgan fingerprint density at radius 1 is 0.964 bits per heavy atom. The quantitative estimate of drug-likeness (QED) is 0.715. The molecule has 0 atom stereocenters. The van der Waals surface area contributed by atoms with Gasteiger partial charge < -0.3 is 14.5 Å². The van der Waals surface area contributed by atoms with E-state index >= 15 is 0 Å². The Bertz CT molecular complexity index is 595. The minimum absolute atomic E-state index is 0.140. The van der Waals surface area contributed by atoms with Crippen LogP contribution in [-0.2, 0) is 11.2 Å². The van der Waals surface area contributed by atoms with Gasteiger partial charge in [-0.15, -0.1) is 0 Å². The summed E-state index contributed by atoms with van der Waals surface area (Å²) in [7, 11) is 0. The molecule has 2 aliphatic rings. The topological polar surface area (TPSA) is 32.8 Å². The van der Waals surface area contributed by atoms with Gasteiger partial charge in [0.25, 0.3) is 0 Å². The summed E-state index contributed by atoms with van der Waals surface area (Å²) in [5.74, 6) is 1.62. The molecule has 0 spiro atoms. The Morgan fingerprint density at radius 3 is 2.11 bits per heavy atom. The third-order valence-electron chi connectivity index (χ3n) is 6.27. The predicted octanol–water partition coefficient (Wildman–Crippen LogP) is 4.98. The summed E-state index contributed by atoms with van der Waals surface area (Å²) in [6, 6.07) is 10.8. The normalized spacial score (nSPS) is 20.3. The molecule has 1 aromatic rings. The molecule has 3 rings (SSSR count). The van der Waals surface area contributed by atoms with E-state index in [0.29, 0.717) is 0 Å². The first-order valence-electron chi connectivity index (χ1n) is 11.1. The smallest absolute Gasteiger partial charge is 0.410 e. The molecule has 4 nitrogen and oxygen atoms in total. The van der Waals surface area contributed by atoms with Gasteiger partial charge in [-0.05, 0) is 96.3 Å². The molecule has 0 saturated carbocycles. The Kier molecular flexibility index (Phi) is 7.39. The van der Waals surface area contributed by atoms with Crippen LogP contribution in [0.1, 0.15) is 58.4 Å². The van der Waals surface area contributed by atoms with Crippen molar-refractivity contribution in [3.63, 3.8) is 0 Å². The van der Waals surface area contributed by atoms with Gasteiger partial charge in [0.2, 0.25) is 0 Å². The van der Waals surface area contributed by atoms with Crippen LogP contribution in [0.25, 0.3) is 0 Å². The number of nitrogens with zero attached hydrogens (tertiary/aromatic N) is 2. The van der Waals surface area contributed by atoms with Crippen molar-refractivity contribution in [1.82, 2.24) is 9.80 Å². The van der Waals surface area contributed by atoms with Gasteiger partial charge in [0.05, 0.1) is 0 Å². The molecule has 0 unspecified atom stereocenters. The highest BCUT2D eigenvalue weighted by atomic mass is 16.6. The number of hydrogen-bond acceptors (Lipinski definition) is 3. The van der Waals surface area contributed by atoms with Gasteiger partial charge >= 0.3 is 6.09 Å². The van der Waals surface area contributed by atoms with E-state index in [1.165, 1.54) is 50.9 Å². The van der Waals surface area contributed by atoms with Crippen molar-refractivity contribution in [3.05, 3.63) is 35.9 Å². The molecular weight excluding hydrogens is 348 g/mol. The van der Waals surface area contributed by atoms with Gasteiger partial charge in [-0.25, -0.2) is 4.79 Å². The molecule has 2 aliphatic heterocycles. The molecule has 156 valence electrons. The summed E-state index contributed by atoms with van der Waals surface area (Å²) in [6.45, 7) is 11.2. The lowest BCUT2D eigenvalue weighted by Gasteiger charge is -2.40. The molecule has 28 heavy (non-hydrogen) atoms. The second-order valence-corrected chi connectivity index (χ2v) is 9.57. The number of ether oxygens (including phenoxy) is 1. The van der Waals surface area contributed by atoms with Crippen molar-refractivity contribution in [2.75, 3.05) is 32.7 Å². The maximum absolute atomic E-state index is 12.2. The van der Waals surface area contributed by atoms with Crippen molar-refractivity contribution in [2.45, 2.75) is 64.9 Å². The first-order valence-corrected chi connectivity index (χ1v) is 11.1. The van der Waals surface area contributed by atoms with E-state index in [9.17, 15) is 4.79 Å². The Morgan fingerprint density at radius 2 is 1.54 bits per heavy atom. The number of likely N-dealkylation sites (tertiary alicyclic amines) is 2. The Hall–Kier alpha value is -1.55. The van der Waals surface area contributed by atoms with Crippen molar-refractivity contribution in [1.29, 1.82) is 0 Å². The van der Waals surface area contributed by atoms with E-state index in [-0.39, 0.29) is 6.09 Å². The van der Waals surface area contributed by atoms with Gasteiger partial charge in [0.1, 0.15) is 5.60 Å². The molecule has 0 radical (unpaired) electrons. The molecule has 2 heterocycles. The zero-order valence-corrected chi connectivity index (χ0v) is 18.0. The molecule has 4 heteroatoms. The number of carbonyl (C=O) groups excluding carboxylic acids is 1. The Labute approximate surface area is 171 Å². The van der Waals surface area contributed by atoms with Crippen molar-refractivity contribution >= 4 is 6.09 Å². The largest absolute Gasteiger partial charge is 0.444 e. The lowest BCUT2D eigenvalue weighted by Crippen LogP contribution is -2.44. The highest BCUT2D eigenvalue weighted by Crippen LogP contribution is 2.33. The summed E-state index contributed by atoms with van der Waals surface area (Å²) >= 11 is 0. The zero-order valence-electron chi connectivity index (χ0n) is 18.0. The van der Waals surface area contributed by atoms with Gasteiger partial charge in [0.15, 0.2) is 0 Å². The van der Waals surface area contributed by atoms with Gasteiger partial charge in [-0.3, -0.25) is 0 Å². The minimum Gasteiger partial charge on any atom is -0.444 e. The third kappa shape index (κ3) is 6.51. The van der Waals surface area contributed by atoms with Crippen LogP contribution < -0.4 is 0 Å². The van der Waals surface area contributed by atoms with Crippen LogP contribution in [0.2, 0.25) is 0 Å². The molecule has 2 fully saturated rings. The third-order valence-corrected chi connectivity index (χ3v) is 6.27. The fourth-order valence-electron chi connectivity index (χ4n) is 4.68. The average molecular weight is 387 g/mol. The van der Waals surface area contributed by atoms with E-state index in [4.69, 9.17) is 4.74 Å². The number of benzene rings is 1. The molecule has 1 amide bonds. The standard InChI is InChI=1S/C24H38N2O2/c1-24(2,3)28-23(27)26-18-13-22(14-19-26)21-11-16-25(17-12-21)15-7-10-20-8-5-4-6-9-20/h4-6,8-9,21-22H,7,10-19H2,1-3H3. The van der Waals surface area contributed by atoms with Crippen LogP contribution in [0, 0.1) is 11.8 Å². The first-order chi connectivity index (χ1) is 13.4. The van der Waals surface area contributed by atoms with E-state index < -0.39 is 5.60 Å². The fourth-order valence-corrected chi connectivity index (χ4v) is 4.68. The fraction of sp³-hybridized carbons (Fsp3) is 0.708. The van der Waals surface area contributed by atoms with Gasteiger partial charge in [0, 0.05) is 13.1 Å². The zero-order chi connectivity index (χ0) is 20.0. The predicted molar refractivity (Wildman–Crippen MR) is 114 cm³/mol. The summed E-state index contributed by atoms with van der Waals surface area (Å²) in [6.07, 6.45) is 7.22. The molecule has 2 saturated heterocycles. The van der Waals surface area contributed by atoms with Gasteiger partial charge in [-0.1, -0.05) is 30.3 Å². The number of piperidine rings is 2. The highest BCUT2D eigenvalue weighted by Gasteiger charge is 2.32. The van der Waals surface area contributed by atoms with E-state index in [1.807, 2.05) is 25.7 Å². The number of hydrogen-bond donors (Lipinski definition) is 0. The van der Waals surface area contributed by atoms with Crippen LogP contribution in [-0.4, -0.2) is 54.2 Å². The minimum atomic E-state index is -0.402. The molecule has 0 N–H and O–H groups in total. The first kappa shape index (κ1) is 21.2. The van der Waals surface area contributed by atoms with Crippen LogP contribution in [0.3, 0.4) is 0 Å². The lowest BCUT2D eigenvalue weighted by molar-refractivity contribution is 0.0135.